The highest BCUT2D eigenvalue weighted by Crippen LogP contribution is 2.66. The molecular formula is C20H36S. The maximum Gasteiger partial charge on any atom is -0.00866 e. The lowest BCUT2D eigenvalue weighted by Gasteiger charge is -2.52. The SMILES string of the molecule is Cc1cc(C(C)(C)C)cc(S(C(C)C)(C(C)C)C(C)C)c1. The van der Waals surface area contributed by atoms with Crippen LogP contribution in [0.3, 0.4) is 0 Å². The summed E-state index contributed by atoms with van der Waals surface area (Å²) in [5, 5.41) is 2.14. The highest BCUT2D eigenvalue weighted by atomic mass is 32.3. The summed E-state index contributed by atoms with van der Waals surface area (Å²) >= 11 is 0. The molecule has 0 amide bonds. The first-order chi connectivity index (χ1) is 9.43. The molecule has 0 aliphatic heterocycles. The van der Waals surface area contributed by atoms with Crippen molar-refractivity contribution >= 4 is 10.0 Å². The van der Waals surface area contributed by atoms with Gasteiger partial charge in [-0.2, -0.15) is 0 Å². The monoisotopic (exact) mass is 308 g/mol. The number of benzene rings is 1. The minimum Gasteiger partial charge on any atom is -0.207 e. The first-order valence-corrected chi connectivity index (χ1v) is 10.2. The molecule has 1 rings (SSSR count). The second-order valence-electron chi connectivity index (χ2n) is 8.19. The zero-order chi connectivity index (χ0) is 16.6. The molecule has 0 nitrogen and oxygen atoms in total. The Hall–Kier alpha value is -0.430. The Balaban J connectivity index is 3.63. The second-order valence-corrected chi connectivity index (χ2v) is 13.0. The summed E-state index contributed by atoms with van der Waals surface area (Å²) in [4.78, 5) is 1.62. The zero-order valence-corrected chi connectivity index (χ0v) is 16.7. The fraction of sp³-hybridized carbons (Fsp3) is 0.700. The van der Waals surface area contributed by atoms with E-state index >= 15 is 0 Å². The average Bonchev–Trinajstić information content (AvgIpc) is 2.25. The summed E-state index contributed by atoms with van der Waals surface area (Å²) in [5.74, 6) is 0. The van der Waals surface area contributed by atoms with Gasteiger partial charge in [0, 0.05) is 0 Å². The minimum atomic E-state index is -0.830. The van der Waals surface area contributed by atoms with Crippen LogP contribution in [0, 0.1) is 6.92 Å². The Morgan fingerprint density at radius 1 is 0.762 bits per heavy atom. The molecule has 0 atom stereocenters. The standard InChI is InChI=1S/C20H36S/c1-14(2)21(15(3)4,16(5)6)19-12-17(7)11-18(13-19)20(8,9)10/h11-16H,1-10H3. The number of aryl methyl sites for hydroxylation is 1. The van der Waals surface area contributed by atoms with Gasteiger partial charge in [-0.15, -0.1) is 0 Å². The molecule has 1 aromatic rings. The van der Waals surface area contributed by atoms with Crippen LogP contribution in [0.5, 0.6) is 0 Å². The average molecular weight is 309 g/mol. The van der Waals surface area contributed by atoms with E-state index in [2.05, 4.69) is 87.4 Å². The third-order valence-corrected chi connectivity index (χ3v) is 10.4. The number of hydrogen-bond donors (Lipinski definition) is 0. The summed E-state index contributed by atoms with van der Waals surface area (Å²) in [5.41, 5.74) is 3.12. The lowest BCUT2D eigenvalue weighted by Crippen LogP contribution is -2.29. The molecule has 0 heterocycles. The van der Waals surface area contributed by atoms with Crippen molar-refractivity contribution in [2.45, 2.75) is 95.3 Å². The van der Waals surface area contributed by atoms with Gasteiger partial charge in [0.05, 0.1) is 0 Å². The van der Waals surface area contributed by atoms with Gasteiger partial charge in [0.25, 0.3) is 0 Å². The van der Waals surface area contributed by atoms with Crippen molar-refractivity contribution in [3.8, 4) is 0 Å². The largest absolute Gasteiger partial charge is 0.207 e. The van der Waals surface area contributed by atoms with Gasteiger partial charge in [0.2, 0.25) is 0 Å². The van der Waals surface area contributed by atoms with Crippen LogP contribution in [-0.4, -0.2) is 15.7 Å². The number of hydrogen-bond acceptors (Lipinski definition) is 0. The Bertz CT molecular complexity index is 453. The first kappa shape index (κ1) is 18.6. The normalized spacial score (nSPS) is 14.3. The van der Waals surface area contributed by atoms with Crippen molar-refractivity contribution in [2.24, 2.45) is 0 Å². The van der Waals surface area contributed by atoms with E-state index < -0.39 is 10.0 Å². The Morgan fingerprint density at radius 3 is 1.52 bits per heavy atom. The smallest absolute Gasteiger partial charge is 0.00866 e. The first-order valence-electron chi connectivity index (χ1n) is 8.36. The minimum absolute atomic E-state index is 0.219. The van der Waals surface area contributed by atoms with Gasteiger partial charge in [-0.25, -0.2) is 10.0 Å². The van der Waals surface area contributed by atoms with E-state index in [0.717, 1.165) is 0 Å². The molecule has 122 valence electrons. The quantitative estimate of drug-likeness (QED) is 0.582. The molecule has 0 radical (unpaired) electrons. The van der Waals surface area contributed by atoms with E-state index in [0.29, 0.717) is 15.7 Å². The van der Waals surface area contributed by atoms with Crippen LogP contribution in [-0.2, 0) is 5.41 Å². The second kappa shape index (κ2) is 6.36. The topological polar surface area (TPSA) is 0 Å². The lowest BCUT2D eigenvalue weighted by molar-refractivity contribution is 0.588. The van der Waals surface area contributed by atoms with Gasteiger partial charge >= 0.3 is 0 Å². The van der Waals surface area contributed by atoms with Gasteiger partial charge in [-0.1, -0.05) is 68.4 Å². The lowest BCUT2D eigenvalue weighted by atomic mass is 9.86. The van der Waals surface area contributed by atoms with Crippen LogP contribution in [0.15, 0.2) is 23.1 Å². The molecular weight excluding hydrogens is 272 g/mol. The summed E-state index contributed by atoms with van der Waals surface area (Å²) in [6.07, 6.45) is 0. The van der Waals surface area contributed by atoms with Crippen molar-refractivity contribution in [2.75, 3.05) is 0 Å². The molecule has 0 aliphatic rings. The molecule has 0 aliphatic carbocycles. The molecule has 0 saturated carbocycles. The van der Waals surface area contributed by atoms with Crippen molar-refractivity contribution in [3.05, 3.63) is 29.3 Å². The van der Waals surface area contributed by atoms with Gasteiger partial charge < -0.3 is 0 Å². The van der Waals surface area contributed by atoms with E-state index in [9.17, 15) is 0 Å². The van der Waals surface area contributed by atoms with Gasteiger partial charge in [0.1, 0.15) is 0 Å². The Kier molecular flexibility index (Phi) is 5.64. The Morgan fingerprint density at radius 2 is 1.19 bits per heavy atom. The van der Waals surface area contributed by atoms with E-state index in [1.807, 2.05) is 0 Å². The van der Waals surface area contributed by atoms with Crippen molar-refractivity contribution < 1.29 is 0 Å². The highest BCUT2D eigenvalue weighted by Gasteiger charge is 2.37. The molecule has 0 fully saturated rings. The molecule has 1 aromatic carbocycles. The fourth-order valence-electron chi connectivity index (χ4n) is 3.83. The van der Waals surface area contributed by atoms with E-state index in [1.165, 1.54) is 11.1 Å². The third-order valence-electron chi connectivity index (χ3n) is 4.67. The maximum absolute atomic E-state index is 2.52. The third kappa shape index (κ3) is 3.50. The van der Waals surface area contributed by atoms with E-state index in [-0.39, 0.29) is 5.41 Å². The highest BCUT2D eigenvalue weighted by molar-refractivity contribution is 8.35. The number of rotatable bonds is 4. The van der Waals surface area contributed by atoms with Gasteiger partial charge in [0.15, 0.2) is 0 Å². The van der Waals surface area contributed by atoms with Gasteiger partial charge in [-0.05, 0) is 56.2 Å². The van der Waals surface area contributed by atoms with Crippen LogP contribution in [0.4, 0.5) is 0 Å². The maximum atomic E-state index is 2.52. The van der Waals surface area contributed by atoms with Crippen LogP contribution in [0.25, 0.3) is 0 Å². The summed E-state index contributed by atoms with van der Waals surface area (Å²) in [6.45, 7) is 23.8. The van der Waals surface area contributed by atoms with Crippen LogP contribution < -0.4 is 0 Å². The summed E-state index contributed by atoms with van der Waals surface area (Å²) in [6, 6.07) is 7.35. The molecule has 0 saturated heterocycles. The molecule has 0 aromatic heterocycles. The van der Waals surface area contributed by atoms with Crippen molar-refractivity contribution in [1.29, 1.82) is 0 Å². The van der Waals surface area contributed by atoms with Crippen molar-refractivity contribution in [3.63, 3.8) is 0 Å². The van der Waals surface area contributed by atoms with Gasteiger partial charge in [-0.3, -0.25) is 0 Å². The summed E-state index contributed by atoms with van der Waals surface area (Å²) in [7, 11) is -0.830. The summed E-state index contributed by atoms with van der Waals surface area (Å²) < 4.78 is 0. The zero-order valence-electron chi connectivity index (χ0n) is 15.9. The Labute approximate surface area is 135 Å². The molecule has 21 heavy (non-hydrogen) atoms. The predicted octanol–water partition coefficient (Wildman–Crippen LogP) is 6.68. The fourth-order valence-corrected chi connectivity index (χ4v) is 9.45. The predicted molar refractivity (Wildman–Crippen MR) is 101 cm³/mol. The molecule has 1 heteroatoms. The molecule has 0 spiro atoms. The van der Waals surface area contributed by atoms with E-state index in [1.54, 1.807) is 4.90 Å². The molecule has 0 N–H and O–H groups in total. The van der Waals surface area contributed by atoms with E-state index in [4.69, 9.17) is 0 Å². The van der Waals surface area contributed by atoms with Crippen LogP contribution in [0.2, 0.25) is 0 Å². The molecule has 0 unspecified atom stereocenters. The van der Waals surface area contributed by atoms with Crippen molar-refractivity contribution in [1.82, 2.24) is 0 Å². The molecule has 0 bridgehead atoms. The van der Waals surface area contributed by atoms with Crippen LogP contribution in [0.1, 0.15) is 73.4 Å². The van der Waals surface area contributed by atoms with Crippen LogP contribution >= 0.6 is 10.0 Å².